The summed E-state index contributed by atoms with van der Waals surface area (Å²) >= 11 is 0. The van der Waals surface area contributed by atoms with Crippen LogP contribution in [0.5, 0.6) is 5.88 Å². The molecule has 166 valence electrons. The Bertz CT molecular complexity index is 823. The van der Waals surface area contributed by atoms with Crippen molar-refractivity contribution in [2.75, 3.05) is 11.9 Å². The number of alkyl halides is 3. The number of nitrogens with two attached hydrogens (primary N) is 1. The Labute approximate surface area is 171 Å². The van der Waals surface area contributed by atoms with Gasteiger partial charge in [-0.05, 0) is 25.7 Å². The second-order valence-corrected chi connectivity index (χ2v) is 8.27. The first kappa shape index (κ1) is 23.5. The average Bonchev–Trinajstić information content (AvgIpc) is 2.61. The van der Waals surface area contributed by atoms with Gasteiger partial charge in [-0.25, -0.2) is 9.18 Å². The van der Waals surface area contributed by atoms with Crippen LogP contribution in [0, 0.1) is 22.6 Å². The smallest absolute Gasteiger partial charge is 0.422 e. The number of rotatable bonds is 5. The summed E-state index contributed by atoms with van der Waals surface area (Å²) in [6.45, 7) is 4.13. The molecule has 0 aromatic carbocycles. The predicted octanol–water partition coefficient (Wildman–Crippen LogP) is 4.27. The van der Waals surface area contributed by atoms with Crippen molar-refractivity contribution in [3.63, 3.8) is 0 Å². The van der Waals surface area contributed by atoms with Crippen molar-refractivity contribution in [1.29, 1.82) is 5.26 Å². The lowest BCUT2D eigenvalue weighted by atomic mass is 9.67. The number of aromatic nitrogens is 1. The molecule has 0 spiro atoms. The van der Waals surface area contributed by atoms with Gasteiger partial charge >= 0.3 is 12.3 Å². The molecule has 1 aliphatic rings. The second-order valence-electron chi connectivity index (χ2n) is 8.27. The highest BCUT2D eigenvalue weighted by Gasteiger charge is 2.47. The number of anilines is 1. The van der Waals surface area contributed by atoms with Crippen LogP contribution in [0.3, 0.4) is 0 Å². The average molecular weight is 432 g/mol. The number of primary amides is 1. The minimum absolute atomic E-state index is 0.276. The molecule has 7 nitrogen and oxygen atoms in total. The van der Waals surface area contributed by atoms with Crippen LogP contribution in [-0.4, -0.2) is 35.5 Å². The number of nitriles is 1. The third-order valence-corrected chi connectivity index (χ3v) is 5.23. The molecule has 1 heterocycles. The van der Waals surface area contributed by atoms with Crippen LogP contribution in [0.2, 0.25) is 0 Å². The number of carbonyl (C=O) groups is 1. The molecule has 1 fully saturated rings. The Morgan fingerprint density at radius 1 is 1.37 bits per heavy atom. The number of hydrogen-bond acceptors (Lipinski definition) is 6. The van der Waals surface area contributed by atoms with Gasteiger partial charge in [0.2, 0.25) is 5.88 Å². The maximum absolute atomic E-state index is 14.3. The molecule has 11 heteroatoms. The van der Waals surface area contributed by atoms with Crippen molar-refractivity contribution in [3.8, 4) is 11.9 Å². The second kappa shape index (κ2) is 8.53. The van der Waals surface area contributed by atoms with Crippen LogP contribution >= 0.6 is 0 Å². The lowest BCUT2D eigenvalue weighted by molar-refractivity contribution is -0.154. The monoisotopic (exact) mass is 432 g/mol. The Kier molecular flexibility index (Phi) is 6.69. The van der Waals surface area contributed by atoms with Gasteiger partial charge in [0.15, 0.2) is 18.2 Å². The normalized spacial score (nSPS) is 22.1. The van der Waals surface area contributed by atoms with Gasteiger partial charge in [0.1, 0.15) is 17.2 Å². The number of nitrogens with one attached hydrogen (secondary N) is 1. The summed E-state index contributed by atoms with van der Waals surface area (Å²) in [5.41, 5.74) is 3.62. The van der Waals surface area contributed by atoms with E-state index in [9.17, 15) is 22.4 Å². The van der Waals surface area contributed by atoms with E-state index in [4.69, 9.17) is 15.7 Å². The van der Waals surface area contributed by atoms with Gasteiger partial charge < -0.3 is 20.5 Å². The maximum atomic E-state index is 14.3. The SMILES string of the molecule is CC(C)(C)[C@]1(OC(N)=O)CC[C@H](Nc2nc(OCC(F)(F)F)c(C#N)cc2F)CC1. The van der Waals surface area contributed by atoms with E-state index in [-0.39, 0.29) is 17.3 Å². The van der Waals surface area contributed by atoms with E-state index in [2.05, 4.69) is 15.0 Å². The molecule has 0 aliphatic heterocycles. The zero-order chi connectivity index (χ0) is 22.7. The fourth-order valence-electron chi connectivity index (χ4n) is 3.53. The van der Waals surface area contributed by atoms with E-state index >= 15 is 0 Å². The molecule has 1 aromatic heterocycles. The molecule has 0 atom stereocenters. The van der Waals surface area contributed by atoms with Crippen LogP contribution in [0.15, 0.2) is 6.07 Å². The Hall–Kier alpha value is -2.77. The number of amides is 1. The number of ether oxygens (including phenoxy) is 2. The number of halogens is 4. The van der Waals surface area contributed by atoms with Crippen LogP contribution in [0.4, 0.5) is 28.2 Å². The number of hydrogen-bond donors (Lipinski definition) is 2. The third kappa shape index (κ3) is 5.64. The fraction of sp³-hybridized carbons (Fsp3) is 0.632. The van der Waals surface area contributed by atoms with Gasteiger partial charge in [-0.3, -0.25) is 0 Å². The Morgan fingerprint density at radius 2 is 1.97 bits per heavy atom. The van der Waals surface area contributed by atoms with Gasteiger partial charge in [0.25, 0.3) is 0 Å². The topological polar surface area (TPSA) is 110 Å². The van der Waals surface area contributed by atoms with Gasteiger partial charge in [-0.1, -0.05) is 20.8 Å². The van der Waals surface area contributed by atoms with Gasteiger partial charge in [-0.2, -0.15) is 23.4 Å². The lowest BCUT2D eigenvalue weighted by Crippen LogP contribution is -2.51. The molecule has 3 N–H and O–H groups in total. The molecule has 1 amide bonds. The molecule has 1 aromatic rings. The number of nitrogens with zero attached hydrogens (tertiary/aromatic N) is 2. The summed E-state index contributed by atoms with van der Waals surface area (Å²) in [6, 6.07) is 2.07. The van der Waals surface area contributed by atoms with Crippen LogP contribution in [0.25, 0.3) is 0 Å². The van der Waals surface area contributed by atoms with E-state index in [1.807, 2.05) is 20.8 Å². The molecule has 1 saturated carbocycles. The summed E-state index contributed by atoms with van der Waals surface area (Å²) in [4.78, 5) is 15.1. The highest BCUT2D eigenvalue weighted by atomic mass is 19.4. The summed E-state index contributed by atoms with van der Waals surface area (Å²) in [5, 5.41) is 11.9. The molecule has 30 heavy (non-hydrogen) atoms. The van der Waals surface area contributed by atoms with Crippen LogP contribution in [0.1, 0.15) is 52.0 Å². The summed E-state index contributed by atoms with van der Waals surface area (Å²) < 4.78 is 61.6. The lowest BCUT2D eigenvalue weighted by Gasteiger charge is -2.47. The molecule has 1 aliphatic carbocycles. The summed E-state index contributed by atoms with van der Waals surface area (Å²) in [6.07, 6.45) is -3.65. The molecule has 0 radical (unpaired) electrons. The first-order chi connectivity index (χ1) is 13.8. The zero-order valence-corrected chi connectivity index (χ0v) is 16.9. The highest BCUT2D eigenvalue weighted by molar-refractivity contribution is 5.65. The fourth-order valence-corrected chi connectivity index (χ4v) is 3.53. The largest absolute Gasteiger partial charge is 0.467 e. The van der Waals surface area contributed by atoms with Crippen molar-refractivity contribution in [3.05, 3.63) is 17.4 Å². The Morgan fingerprint density at radius 3 is 2.43 bits per heavy atom. The molecular formula is C19H24F4N4O3. The van der Waals surface area contributed by atoms with Crippen molar-refractivity contribution in [1.82, 2.24) is 4.98 Å². The minimum Gasteiger partial charge on any atom is -0.467 e. The van der Waals surface area contributed by atoms with Crippen molar-refractivity contribution in [2.24, 2.45) is 11.1 Å². The summed E-state index contributed by atoms with van der Waals surface area (Å²) in [7, 11) is 0. The van der Waals surface area contributed by atoms with E-state index in [0.29, 0.717) is 25.7 Å². The summed E-state index contributed by atoms with van der Waals surface area (Å²) in [5.74, 6) is -1.79. The van der Waals surface area contributed by atoms with Gasteiger partial charge in [0, 0.05) is 17.5 Å². The van der Waals surface area contributed by atoms with Gasteiger partial charge in [0.05, 0.1) is 0 Å². The highest BCUT2D eigenvalue weighted by Crippen LogP contribution is 2.45. The quantitative estimate of drug-likeness (QED) is 0.673. The van der Waals surface area contributed by atoms with E-state index < -0.39 is 41.7 Å². The molecular weight excluding hydrogens is 408 g/mol. The Balaban J connectivity index is 2.15. The first-order valence-corrected chi connectivity index (χ1v) is 9.31. The predicted molar refractivity (Wildman–Crippen MR) is 99.2 cm³/mol. The molecule has 0 bridgehead atoms. The molecule has 0 saturated heterocycles. The maximum Gasteiger partial charge on any atom is 0.422 e. The van der Waals surface area contributed by atoms with Crippen molar-refractivity contribution < 1.29 is 31.8 Å². The van der Waals surface area contributed by atoms with E-state index in [1.54, 1.807) is 6.07 Å². The standard InChI is InChI=1S/C19H24F4N4O3/c1-17(2,3)18(30-16(25)28)6-4-12(5-7-18)26-14-13(20)8-11(9-24)15(27-14)29-10-19(21,22)23/h8,12H,4-7,10H2,1-3H3,(H2,25,28)(H,26,27)/t12-,18-. The van der Waals surface area contributed by atoms with Crippen molar-refractivity contribution in [2.45, 2.75) is 64.3 Å². The minimum atomic E-state index is -4.63. The number of carbonyl (C=O) groups excluding carboxylic acids is 1. The number of pyridine rings is 1. The molecule has 2 rings (SSSR count). The van der Waals surface area contributed by atoms with E-state index in [1.165, 1.54) is 0 Å². The third-order valence-electron chi connectivity index (χ3n) is 5.23. The molecule has 0 unspecified atom stereocenters. The van der Waals surface area contributed by atoms with Gasteiger partial charge in [-0.15, -0.1) is 0 Å². The van der Waals surface area contributed by atoms with Crippen molar-refractivity contribution >= 4 is 11.9 Å². The van der Waals surface area contributed by atoms with E-state index in [0.717, 1.165) is 6.07 Å². The van der Waals surface area contributed by atoms with Crippen LogP contribution < -0.4 is 15.8 Å². The van der Waals surface area contributed by atoms with Crippen LogP contribution in [-0.2, 0) is 4.74 Å². The zero-order valence-electron chi connectivity index (χ0n) is 16.9. The first-order valence-electron chi connectivity index (χ1n) is 9.31.